The van der Waals surface area contributed by atoms with Crippen LogP contribution in [0.5, 0.6) is 11.5 Å². The van der Waals surface area contributed by atoms with Gasteiger partial charge >= 0.3 is 0 Å². The second-order valence-corrected chi connectivity index (χ2v) is 29.2. The van der Waals surface area contributed by atoms with Gasteiger partial charge in [0.25, 0.3) is 0 Å². The van der Waals surface area contributed by atoms with Gasteiger partial charge in [-0.1, -0.05) is 260 Å². The zero-order valence-electron chi connectivity index (χ0n) is 55.3. The molecule has 430 valence electrons. The van der Waals surface area contributed by atoms with Crippen LogP contribution in [0.2, 0.25) is 0 Å². The number of pyridine rings is 1. The summed E-state index contributed by atoms with van der Waals surface area (Å²) in [6.45, 7) is 24.2. The number of hydrogen-bond acceptors (Lipinski definition) is 5. The van der Waals surface area contributed by atoms with E-state index in [4.69, 9.17) is 13.8 Å². The zero-order valence-corrected chi connectivity index (χ0v) is 53.6. The Balaban J connectivity index is 0.00000800. The molecule has 10 aromatic carbocycles. The van der Waals surface area contributed by atoms with E-state index in [1.165, 1.54) is 21.1 Å². The number of fused-ring (bicyclic) bond motifs is 3. The molecule has 5 nitrogen and oxygen atoms in total. The van der Waals surface area contributed by atoms with Crippen LogP contribution < -0.4 is 40.2 Å². The SMILES string of the molecule is [2H]c1c([2H])c([2H])c(-c2cccc(-c3cc(C(C)(C)C)cc(C(C)(C)C)c3)c2N2[CH-]N(c3[c-]c(Oc4[c-]c5c(cc4)[Si](c4ccccc4)(c4ccccc4)c4ccccc4N5c4cc(C)c(-c5ccc(C(C)(C)C)cc5)cn4)ccc3)c3ccccc32)c([2H])c1[2H].[Pt]. The molecule has 0 unspecified atom stereocenters. The van der Waals surface area contributed by atoms with Crippen LogP contribution in [0, 0.1) is 25.7 Å². The van der Waals surface area contributed by atoms with Crippen LogP contribution in [0.1, 0.15) is 91.4 Å². The topological polar surface area (TPSA) is 31.8 Å². The molecule has 0 saturated heterocycles. The van der Waals surface area contributed by atoms with E-state index in [2.05, 4.69) is 254 Å². The predicted octanol–water partition coefficient (Wildman–Crippen LogP) is 18.2. The molecule has 0 bridgehead atoms. The van der Waals surface area contributed by atoms with E-state index in [9.17, 15) is 2.74 Å². The summed E-state index contributed by atoms with van der Waals surface area (Å²) in [4.78, 5) is 11.8. The molecule has 0 spiro atoms. The fourth-order valence-corrected chi connectivity index (χ4v) is 17.3. The molecular weight excluding hydrogens is 1240 g/mol. The van der Waals surface area contributed by atoms with Gasteiger partial charge in [-0.2, -0.15) is 12.1 Å². The third kappa shape index (κ3) is 10.5. The number of hydrogen-bond donors (Lipinski definition) is 0. The van der Waals surface area contributed by atoms with Crippen LogP contribution in [0.4, 0.5) is 39.9 Å². The van der Waals surface area contributed by atoms with Crippen LogP contribution in [-0.2, 0) is 37.3 Å². The van der Waals surface area contributed by atoms with Crippen molar-refractivity contribution in [3.63, 3.8) is 0 Å². The van der Waals surface area contributed by atoms with E-state index in [0.717, 1.165) is 72.7 Å². The van der Waals surface area contributed by atoms with Gasteiger partial charge in [0.1, 0.15) is 13.9 Å². The molecule has 13 rings (SSSR count). The fourth-order valence-electron chi connectivity index (χ4n) is 12.3. The smallest absolute Gasteiger partial charge is 0.135 e. The van der Waals surface area contributed by atoms with Crippen molar-refractivity contribution in [1.29, 1.82) is 0 Å². The second-order valence-electron chi connectivity index (χ2n) is 25.5. The maximum atomic E-state index is 9.35. The minimum Gasteiger partial charge on any atom is -0.509 e. The molecule has 0 aliphatic carbocycles. The summed E-state index contributed by atoms with van der Waals surface area (Å²) in [6, 6.07) is 78.3. The summed E-state index contributed by atoms with van der Waals surface area (Å²) >= 11 is 0. The Morgan fingerprint density at radius 1 is 0.477 bits per heavy atom. The number of benzene rings is 10. The number of anilines is 7. The standard InChI is InChI=1S/C79H71N4OSi.Pt/c1-54-46-75(80-52-68(54)56-40-42-58(43-41-56)77(2,3)4)83-71-38-22-23-39-73(71)85(64-30-16-12-17-31-64,65-32-18-13-19-33-65)74-45-44-63(51-72(74)83)84-62-29-24-28-61(50-62)81-53-82(70-37-21-20-36-69(70)81)76-66(55-26-14-11-15-27-55)34-25-35-67(76)57-47-59(78(5,6)7)49-60(48-57)79(8,9)10;/h11-49,52-53H,1-10H3;/q-3;/i11D,14D,15D,26D,27D;. The molecule has 86 heavy (non-hydrogen) atoms. The van der Waals surface area contributed by atoms with Gasteiger partial charge in [0.15, 0.2) is 0 Å². The summed E-state index contributed by atoms with van der Waals surface area (Å²) < 4.78 is 52.0. The molecule has 11 aromatic rings. The van der Waals surface area contributed by atoms with Crippen molar-refractivity contribution in [3.05, 3.63) is 284 Å². The van der Waals surface area contributed by atoms with Crippen molar-refractivity contribution in [2.24, 2.45) is 0 Å². The first-order valence-electron chi connectivity index (χ1n) is 31.8. The van der Waals surface area contributed by atoms with Gasteiger partial charge in [0.05, 0.1) is 6.85 Å². The van der Waals surface area contributed by atoms with Gasteiger partial charge in [-0.3, -0.25) is 0 Å². The Morgan fingerprint density at radius 3 is 1.65 bits per heavy atom. The first-order valence-corrected chi connectivity index (χ1v) is 31.3. The van der Waals surface area contributed by atoms with E-state index in [1.54, 1.807) is 0 Å². The van der Waals surface area contributed by atoms with Gasteiger partial charge in [-0.05, 0) is 91.6 Å². The fraction of sp³-hybridized carbons (Fsp3) is 0.165. The first kappa shape index (κ1) is 51.8. The van der Waals surface area contributed by atoms with Crippen molar-refractivity contribution in [1.82, 2.24) is 4.98 Å². The summed E-state index contributed by atoms with van der Waals surface area (Å²) in [6.07, 6.45) is 2.00. The van der Waals surface area contributed by atoms with Crippen molar-refractivity contribution in [3.8, 4) is 44.9 Å². The largest absolute Gasteiger partial charge is 0.509 e. The van der Waals surface area contributed by atoms with Gasteiger partial charge in [0, 0.05) is 78.2 Å². The maximum absolute atomic E-state index is 9.35. The molecule has 1 aromatic heterocycles. The average Bonchev–Trinajstić information content (AvgIpc) is 1.04. The number of aromatic nitrogens is 1. The van der Waals surface area contributed by atoms with E-state index in [0.29, 0.717) is 28.4 Å². The first-order chi connectivity index (χ1) is 43.0. The van der Waals surface area contributed by atoms with E-state index in [1.807, 2.05) is 61.4 Å². The third-order valence-electron chi connectivity index (χ3n) is 16.8. The molecule has 0 saturated carbocycles. The summed E-state index contributed by atoms with van der Waals surface area (Å²) in [5.74, 6) is 1.73. The molecule has 0 radical (unpaired) electrons. The van der Waals surface area contributed by atoms with Gasteiger partial charge in [0.2, 0.25) is 0 Å². The molecule has 0 amide bonds. The number of nitrogens with zero attached hydrogens (tertiary/aromatic N) is 4. The number of para-hydroxylation sites is 4. The summed E-state index contributed by atoms with van der Waals surface area (Å²) in [7, 11) is -3.08. The quantitative estimate of drug-likeness (QED) is 0.101. The Hall–Kier alpha value is -8.54. The Morgan fingerprint density at radius 2 is 1.03 bits per heavy atom. The van der Waals surface area contributed by atoms with Crippen molar-refractivity contribution >= 4 is 68.8 Å². The Bertz CT molecular complexity index is 4500. The molecule has 0 atom stereocenters. The van der Waals surface area contributed by atoms with Gasteiger partial charge in [-0.25, -0.2) is 4.98 Å². The molecule has 0 fully saturated rings. The zero-order chi connectivity index (χ0) is 63.2. The molecule has 3 heterocycles. The van der Waals surface area contributed by atoms with Crippen LogP contribution in [-0.4, -0.2) is 13.1 Å². The van der Waals surface area contributed by atoms with Crippen molar-refractivity contribution in [2.45, 2.75) is 85.5 Å². The number of rotatable bonds is 10. The van der Waals surface area contributed by atoms with Gasteiger partial charge < -0.3 is 19.4 Å². The molecule has 7 heteroatoms. The van der Waals surface area contributed by atoms with Crippen LogP contribution in [0.25, 0.3) is 33.4 Å². The number of aryl methyl sites for hydroxylation is 1. The van der Waals surface area contributed by atoms with E-state index < -0.39 is 26.2 Å². The molecular formula is C79H71N4OPtSi-3. The van der Waals surface area contributed by atoms with Crippen molar-refractivity contribution < 1.29 is 32.7 Å². The average molecular weight is 1320 g/mol. The van der Waals surface area contributed by atoms with Crippen LogP contribution in [0.3, 0.4) is 0 Å². The Labute approximate surface area is 532 Å². The normalized spacial score (nSPS) is 14.4. The summed E-state index contributed by atoms with van der Waals surface area (Å²) in [5, 5.41) is 4.89. The molecule has 2 aliphatic rings. The molecule has 2 aliphatic heterocycles. The predicted molar refractivity (Wildman–Crippen MR) is 359 cm³/mol. The minimum absolute atomic E-state index is 0. The maximum Gasteiger partial charge on any atom is 0.135 e. The van der Waals surface area contributed by atoms with Crippen LogP contribution in [0.15, 0.2) is 243 Å². The minimum atomic E-state index is -3.08. The molecule has 0 N–H and O–H groups in total. The second kappa shape index (κ2) is 22.7. The van der Waals surface area contributed by atoms with E-state index >= 15 is 0 Å². The van der Waals surface area contributed by atoms with Crippen LogP contribution >= 0.6 is 0 Å². The van der Waals surface area contributed by atoms with Crippen molar-refractivity contribution in [2.75, 3.05) is 14.7 Å². The van der Waals surface area contributed by atoms with E-state index in [-0.39, 0.29) is 55.0 Å². The number of ether oxygens (including phenoxy) is 1. The summed E-state index contributed by atoms with van der Waals surface area (Å²) in [5.41, 5.74) is 13.8. The third-order valence-corrected chi connectivity index (χ3v) is 21.6. The Kier molecular flexibility index (Phi) is 13.7. The van der Waals surface area contributed by atoms with Gasteiger partial charge in [-0.15, -0.1) is 47.9 Å². The monoisotopic (exact) mass is 1320 g/mol.